The van der Waals surface area contributed by atoms with E-state index in [2.05, 4.69) is 15.9 Å². The van der Waals surface area contributed by atoms with Crippen molar-refractivity contribution < 1.29 is 8.78 Å². The summed E-state index contributed by atoms with van der Waals surface area (Å²) in [5, 5.41) is 0.0184. The van der Waals surface area contributed by atoms with E-state index >= 15 is 0 Å². The van der Waals surface area contributed by atoms with Crippen molar-refractivity contribution in [3.05, 3.63) is 33.3 Å². The fourth-order valence-corrected chi connectivity index (χ4v) is 1.71. The largest absolute Gasteiger partial charge is 0.325 e. The fraction of sp³-hybridized carbons (Fsp3) is 0.250. The highest BCUT2D eigenvalue weighted by atomic mass is 79.9. The van der Waals surface area contributed by atoms with E-state index in [9.17, 15) is 8.78 Å². The van der Waals surface area contributed by atoms with Gasteiger partial charge < -0.3 is 5.73 Å². The molecule has 0 saturated carbocycles. The van der Waals surface area contributed by atoms with E-state index in [0.717, 1.165) is 0 Å². The van der Waals surface area contributed by atoms with Gasteiger partial charge in [0, 0.05) is 10.0 Å². The third kappa shape index (κ3) is 3.05. The average molecular weight is 307 g/mol. The summed E-state index contributed by atoms with van der Waals surface area (Å²) in [4.78, 5) is 0. The molecule has 0 heterocycles. The van der Waals surface area contributed by atoms with Crippen LogP contribution in [0.4, 0.5) is 8.78 Å². The lowest BCUT2D eigenvalue weighted by atomic mass is 10.1. The van der Waals surface area contributed by atoms with Gasteiger partial charge in [0.15, 0.2) is 0 Å². The Balaban J connectivity index is 0.00000169. The van der Waals surface area contributed by atoms with Crippen molar-refractivity contribution in [3.8, 4) is 0 Å². The maximum absolute atomic E-state index is 13.1. The molecule has 1 rings (SSSR count). The number of benzene rings is 1. The molecule has 80 valence electrons. The highest BCUT2D eigenvalue weighted by Crippen LogP contribution is 2.33. The molecule has 0 bridgehead atoms. The monoisotopic (exact) mass is 305 g/mol. The average Bonchev–Trinajstić information content (AvgIpc) is 2.03. The maximum Gasteiger partial charge on any atom is 0.286 e. The van der Waals surface area contributed by atoms with E-state index in [1.807, 2.05) is 0 Å². The van der Waals surface area contributed by atoms with Crippen LogP contribution in [-0.2, 0) is 5.92 Å². The molecule has 0 aromatic heterocycles. The van der Waals surface area contributed by atoms with E-state index in [4.69, 9.17) is 17.3 Å². The zero-order valence-corrected chi connectivity index (χ0v) is 10.1. The molecule has 0 atom stereocenters. The van der Waals surface area contributed by atoms with Crippen LogP contribution in [0.25, 0.3) is 0 Å². The normalized spacial score (nSPS) is 10.9. The van der Waals surface area contributed by atoms with Crippen LogP contribution >= 0.6 is 39.9 Å². The molecule has 0 unspecified atom stereocenters. The van der Waals surface area contributed by atoms with E-state index < -0.39 is 12.5 Å². The Kier molecular flexibility index (Phi) is 5.30. The Morgan fingerprint density at radius 3 is 2.43 bits per heavy atom. The SMILES string of the molecule is Cl.NCC(F)(F)c1ccc(Br)cc1Cl. The van der Waals surface area contributed by atoms with Gasteiger partial charge in [-0.2, -0.15) is 8.78 Å². The lowest BCUT2D eigenvalue weighted by Crippen LogP contribution is -2.25. The molecular weight excluding hydrogens is 299 g/mol. The van der Waals surface area contributed by atoms with Crippen molar-refractivity contribution in [2.45, 2.75) is 5.92 Å². The third-order valence-corrected chi connectivity index (χ3v) is 2.39. The summed E-state index contributed by atoms with van der Waals surface area (Å²) in [6.07, 6.45) is 0. The van der Waals surface area contributed by atoms with E-state index in [1.54, 1.807) is 0 Å². The van der Waals surface area contributed by atoms with Crippen LogP contribution in [-0.4, -0.2) is 6.54 Å². The van der Waals surface area contributed by atoms with Crippen LogP contribution in [0, 0.1) is 0 Å². The van der Waals surface area contributed by atoms with Gasteiger partial charge in [0.2, 0.25) is 0 Å². The second-order valence-electron chi connectivity index (χ2n) is 2.53. The molecule has 1 nitrogen and oxygen atoms in total. The smallest absolute Gasteiger partial charge is 0.286 e. The molecule has 0 fully saturated rings. The highest BCUT2D eigenvalue weighted by molar-refractivity contribution is 9.10. The molecular formula is C8H8BrCl2F2N. The molecule has 2 N–H and O–H groups in total. The van der Waals surface area contributed by atoms with Crippen LogP contribution in [0.1, 0.15) is 5.56 Å². The first-order valence-corrected chi connectivity index (χ1v) is 4.68. The van der Waals surface area contributed by atoms with Gasteiger partial charge in [0.25, 0.3) is 5.92 Å². The summed E-state index contributed by atoms with van der Waals surface area (Å²) < 4.78 is 26.8. The van der Waals surface area contributed by atoms with Crippen molar-refractivity contribution in [1.82, 2.24) is 0 Å². The summed E-state index contributed by atoms with van der Waals surface area (Å²) in [5.41, 5.74) is 4.69. The molecule has 6 heteroatoms. The minimum Gasteiger partial charge on any atom is -0.325 e. The molecule has 0 amide bonds. The van der Waals surface area contributed by atoms with Gasteiger partial charge in [-0.25, -0.2) is 0 Å². The molecule has 0 radical (unpaired) electrons. The van der Waals surface area contributed by atoms with Crippen LogP contribution in [0.2, 0.25) is 5.02 Å². The van der Waals surface area contributed by atoms with Gasteiger partial charge in [-0.05, 0) is 12.1 Å². The fourth-order valence-electron chi connectivity index (χ4n) is 0.896. The third-order valence-electron chi connectivity index (χ3n) is 1.58. The Hall–Kier alpha value is 0.1000. The van der Waals surface area contributed by atoms with E-state index in [-0.39, 0.29) is 23.0 Å². The number of alkyl halides is 2. The summed E-state index contributed by atoms with van der Waals surface area (Å²) in [5.74, 6) is -3.06. The number of halogens is 5. The van der Waals surface area contributed by atoms with Gasteiger partial charge in [-0.15, -0.1) is 12.4 Å². The molecule has 1 aromatic carbocycles. The number of hydrogen-bond donors (Lipinski definition) is 1. The summed E-state index contributed by atoms with van der Waals surface area (Å²) in [7, 11) is 0. The first kappa shape index (κ1) is 14.1. The van der Waals surface area contributed by atoms with Crippen molar-refractivity contribution in [2.24, 2.45) is 5.73 Å². The maximum atomic E-state index is 13.1. The summed E-state index contributed by atoms with van der Waals surface area (Å²) in [6.45, 7) is -0.742. The predicted octanol–water partition coefficient (Wildman–Crippen LogP) is 3.57. The van der Waals surface area contributed by atoms with Gasteiger partial charge in [0.05, 0.1) is 11.6 Å². The lowest BCUT2D eigenvalue weighted by molar-refractivity contribution is 0.00606. The zero-order chi connectivity index (χ0) is 10.1. The second kappa shape index (κ2) is 5.26. The van der Waals surface area contributed by atoms with Crippen molar-refractivity contribution in [1.29, 1.82) is 0 Å². The first-order valence-electron chi connectivity index (χ1n) is 3.51. The Bertz CT molecular complexity index is 320. The minimum atomic E-state index is -3.06. The van der Waals surface area contributed by atoms with Gasteiger partial charge in [-0.3, -0.25) is 0 Å². The van der Waals surface area contributed by atoms with Crippen LogP contribution in [0.3, 0.4) is 0 Å². The number of hydrogen-bond acceptors (Lipinski definition) is 1. The topological polar surface area (TPSA) is 26.0 Å². The van der Waals surface area contributed by atoms with Gasteiger partial charge >= 0.3 is 0 Å². The molecule has 0 aliphatic carbocycles. The summed E-state index contributed by atoms with van der Waals surface area (Å²) in [6, 6.07) is 4.19. The molecule has 0 aliphatic heterocycles. The van der Waals surface area contributed by atoms with Crippen molar-refractivity contribution in [3.63, 3.8) is 0 Å². The van der Waals surface area contributed by atoms with E-state index in [1.165, 1.54) is 18.2 Å². The quantitative estimate of drug-likeness (QED) is 0.888. The Morgan fingerprint density at radius 1 is 1.43 bits per heavy atom. The zero-order valence-electron chi connectivity index (χ0n) is 6.94. The predicted molar refractivity (Wildman–Crippen MR) is 59.3 cm³/mol. The Labute approximate surface area is 100 Å². The minimum absolute atomic E-state index is 0. The van der Waals surface area contributed by atoms with Crippen molar-refractivity contribution >= 4 is 39.9 Å². The highest BCUT2D eigenvalue weighted by Gasteiger charge is 2.31. The lowest BCUT2D eigenvalue weighted by Gasteiger charge is -2.15. The second-order valence-corrected chi connectivity index (χ2v) is 3.86. The molecule has 0 aliphatic rings. The summed E-state index contributed by atoms with van der Waals surface area (Å²) >= 11 is 8.75. The first-order chi connectivity index (χ1) is 5.97. The van der Waals surface area contributed by atoms with Crippen molar-refractivity contribution in [2.75, 3.05) is 6.54 Å². The van der Waals surface area contributed by atoms with Crippen LogP contribution in [0.15, 0.2) is 22.7 Å². The van der Waals surface area contributed by atoms with Crippen LogP contribution in [0.5, 0.6) is 0 Å². The standard InChI is InChI=1S/C8H7BrClF2N.ClH/c9-5-1-2-6(7(10)3-5)8(11,12)4-13;/h1-3H,4,13H2;1H. The molecule has 1 aromatic rings. The molecule has 14 heavy (non-hydrogen) atoms. The number of nitrogens with two attached hydrogens (primary N) is 1. The van der Waals surface area contributed by atoms with Crippen LogP contribution < -0.4 is 5.73 Å². The molecule has 0 spiro atoms. The molecule has 0 saturated heterocycles. The van der Waals surface area contributed by atoms with Gasteiger partial charge in [0.1, 0.15) is 0 Å². The Morgan fingerprint density at radius 2 is 2.00 bits per heavy atom. The van der Waals surface area contributed by atoms with E-state index in [0.29, 0.717) is 4.47 Å². The van der Waals surface area contributed by atoms with Gasteiger partial charge in [-0.1, -0.05) is 33.6 Å². The number of rotatable bonds is 2.